The van der Waals surface area contributed by atoms with Crippen LogP contribution in [0.15, 0.2) is 23.1 Å². The summed E-state index contributed by atoms with van der Waals surface area (Å²) in [6, 6.07) is 4.74. The molecule has 7 heteroatoms. The Morgan fingerprint density at radius 2 is 2.00 bits per heavy atom. The van der Waals surface area contributed by atoms with E-state index in [1.165, 1.54) is 6.07 Å². The molecule has 3 N–H and O–H groups in total. The lowest BCUT2D eigenvalue weighted by Gasteiger charge is -2.10. The van der Waals surface area contributed by atoms with Crippen molar-refractivity contribution in [3.8, 4) is 0 Å². The summed E-state index contributed by atoms with van der Waals surface area (Å²) in [6.07, 6.45) is 0.608. The van der Waals surface area contributed by atoms with Crippen molar-refractivity contribution in [2.75, 3.05) is 39.2 Å². The van der Waals surface area contributed by atoms with Crippen molar-refractivity contribution in [3.63, 3.8) is 0 Å². The number of nitrogens with one attached hydrogen (secondary N) is 1. The molecule has 6 nitrogen and oxygen atoms in total. The van der Waals surface area contributed by atoms with Crippen LogP contribution in [0.3, 0.4) is 0 Å². The molecule has 0 heterocycles. The highest BCUT2D eigenvalue weighted by Gasteiger charge is 2.15. The van der Waals surface area contributed by atoms with Crippen LogP contribution in [-0.4, -0.2) is 41.9 Å². The van der Waals surface area contributed by atoms with Gasteiger partial charge in [-0.1, -0.05) is 0 Å². The van der Waals surface area contributed by atoms with Gasteiger partial charge in [0.15, 0.2) is 0 Å². The van der Waals surface area contributed by atoms with Crippen LogP contribution < -0.4 is 10.5 Å². The second kappa shape index (κ2) is 8.21. The molecular formula is C13H22N2O4S. The van der Waals surface area contributed by atoms with Gasteiger partial charge in [0.1, 0.15) is 0 Å². The Morgan fingerprint density at radius 1 is 1.25 bits per heavy atom. The molecule has 0 unspecified atom stereocenters. The Morgan fingerprint density at radius 3 is 2.65 bits per heavy atom. The fourth-order valence-corrected chi connectivity index (χ4v) is 2.98. The molecule has 114 valence electrons. The van der Waals surface area contributed by atoms with E-state index in [0.717, 1.165) is 0 Å². The van der Waals surface area contributed by atoms with Crippen molar-refractivity contribution in [3.05, 3.63) is 23.8 Å². The van der Waals surface area contributed by atoms with Gasteiger partial charge in [0.25, 0.3) is 0 Å². The SMILES string of the molecule is COCCOCCCNS(=O)(=O)c1ccc(N)cc1C. The topological polar surface area (TPSA) is 90.6 Å². The first kappa shape index (κ1) is 16.9. The molecule has 0 aliphatic rings. The Bertz CT molecular complexity index is 517. The van der Waals surface area contributed by atoms with Crippen molar-refractivity contribution < 1.29 is 17.9 Å². The van der Waals surface area contributed by atoms with Crippen LogP contribution in [-0.2, 0) is 19.5 Å². The average Bonchev–Trinajstić information content (AvgIpc) is 2.37. The van der Waals surface area contributed by atoms with Crippen LogP contribution in [0.2, 0.25) is 0 Å². The van der Waals surface area contributed by atoms with Gasteiger partial charge < -0.3 is 15.2 Å². The average molecular weight is 302 g/mol. The first-order valence-electron chi connectivity index (χ1n) is 6.40. The molecule has 0 bridgehead atoms. The van der Waals surface area contributed by atoms with Crippen molar-refractivity contribution in [2.45, 2.75) is 18.2 Å². The van der Waals surface area contributed by atoms with E-state index in [9.17, 15) is 8.42 Å². The number of aryl methyl sites for hydroxylation is 1. The van der Waals surface area contributed by atoms with Crippen LogP contribution in [0.4, 0.5) is 5.69 Å². The van der Waals surface area contributed by atoms with E-state index < -0.39 is 10.0 Å². The predicted octanol–water partition coefficient (Wildman–Crippen LogP) is 0.909. The molecule has 0 saturated carbocycles. The van der Waals surface area contributed by atoms with E-state index in [4.69, 9.17) is 15.2 Å². The fourth-order valence-electron chi connectivity index (χ4n) is 1.68. The predicted molar refractivity (Wildman–Crippen MR) is 78.1 cm³/mol. The van der Waals surface area contributed by atoms with Gasteiger partial charge in [-0.3, -0.25) is 0 Å². The Kier molecular flexibility index (Phi) is 6.94. The molecule has 0 aromatic heterocycles. The highest BCUT2D eigenvalue weighted by molar-refractivity contribution is 7.89. The zero-order valence-corrected chi connectivity index (χ0v) is 12.7. The largest absolute Gasteiger partial charge is 0.399 e. The number of hydrogen-bond donors (Lipinski definition) is 2. The van der Waals surface area contributed by atoms with E-state index in [-0.39, 0.29) is 4.90 Å². The third-order valence-corrected chi connectivity index (χ3v) is 4.30. The number of ether oxygens (including phenoxy) is 2. The number of methoxy groups -OCH3 is 1. The van der Waals surface area contributed by atoms with E-state index in [1.54, 1.807) is 26.2 Å². The van der Waals surface area contributed by atoms with Gasteiger partial charge in [0.05, 0.1) is 18.1 Å². The lowest BCUT2D eigenvalue weighted by molar-refractivity contribution is 0.0699. The number of nitrogen functional groups attached to an aromatic ring is 1. The second-order valence-electron chi connectivity index (χ2n) is 4.38. The highest BCUT2D eigenvalue weighted by atomic mass is 32.2. The summed E-state index contributed by atoms with van der Waals surface area (Å²) >= 11 is 0. The maximum atomic E-state index is 12.1. The molecule has 0 aliphatic heterocycles. The first-order valence-corrected chi connectivity index (χ1v) is 7.88. The molecule has 0 atom stereocenters. The standard InChI is InChI=1S/C13H22N2O4S/c1-11-10-12(14)4-5-13(11)20(16,17)15-6-3-7-19-9-8-18-2/h4-5,10,15H,3,6-9,14H2,1-2H3. The molecule has 20 heavy (non-hydrogen) atoms. The summed E-state index contributed by atoms with van der Waals surface area (Å²) in [5.41, 5.74) is 6.79. The van der Waals surface area contributed by atoms with Gasteiger partial charge in [-0.15, -0.1) is 0 Å². The third-order valence-electron chi connectivity index (χ3n) is 2.68. The van der Waals surface area contributed by atoms with E-state index in [0.29, 0.717) is 44.0 Å². The summed E-state index contributed by atoms with van der Waals surface area (Å²) < 4.78 is 36.8. The quantitative estimate of drug-likeness (QED) is 0.522. The zero-order valence-electron chi connectivity index (χ0n) is 11.9. The maximum absolute atomic E-state index is 12.1. The van der Waals surface area contributed by atoms with E-state index in [2.05, 4.69) is 4.72 Å². The summed E-state index contributed by atoms with van der Waals surface area (Å²) in [6.45, 7) is 3.60. The summed E-state index contributed by atoms with van der Waals surface area (Å²) in [7, 11) is -1.89. The normalized spacial score (nSPS) is 11.7. The maximum Gasteiger partial charge on any atom is 0.240 e. The minimum atomic E-state index is -3.49. The second-order valence-corrected chi connectivity index (χ2v) is 6.12. The highest BCUT2D eigenvalue weighted by Crippen LogP contribution is 2.17. The molecule has 0 amide bonds. The number of rotatable bonds is 9. The molecule has 0 radical (unpaired) electrons. The van der Waals surface area contributed by atoms with Gasteiger partial charge in [0, 0.05) is 25.9 Å². The van der Waals surface area contributed by atoms with Gasteiger partial charge in [-0.25, -0.2) is 13.1 Å². The van der Waals surface area contributed by atoms with Crippen molar-refractivity contribution in [2.24, 2.45) is 0 Å². The molecule has 0 fully saturated rings. The number of benzene rings is 1. The van der Waals surface area contributed by atoms with Crippen molar-refractivity contribution in [1.82, 2.24) is 4.72 Å². The summed E-state index contributed by atoms with van der Waals surface area (Å²) in [5.74, 6) is 0. The number of sulfonamides is 1. The molecule has 0 aliphatic carbocycles. The lowest BCUT2D eigenvalue weighted by Crippen LogP contribution is -2.26. The molecular weight excluding hydrogens is 280 g/mol. The van der Waals surface area contributed by atoms with Gasteiger partial charge in [0.2, 0.25) is 10.0 Å². The van der Waals surface area contributed by atoms with Crippen LogP contribution in [0.25, 0.3) is 0 Å². The smallest absolute Gasteiger partial charge is 0.240 e. The van der Waals surface area contributed by atoms with Crippen LogP contribution in [0.1, 0.15) is 12.0 Å². The van der Waals surface area contributed by atoms with Gasteiger partial charge in [-0.2, -0.15) is 0 Å². The number of anilines is 1. The van der Waals surface area contributed by atoms with Gasteiger partial charge in [-0.05, 0) is 37.1 Å². The van der Waals surface area contributed by atoms with Gasteiger partial charge >= 0.3 is 0 Å². The van der Waals surface area contributed by atoms with E-state index >= 15 is 0 Å². The molecule has 0 spiro atoms. The number of hydrogen-bond acceptors (Lipinski definition) is 5. The van der Waals surface area contributed by atoms with E-state index in [1.807, 2.05) is 0 Å². The van der Waals surface area contributed by atoms with Crippen LogP contribution in [0, 0.1) is 6.92 Å². The fraction of sp³-hybridized carbons (Fsp3) is 0.538. The molecule has 1 aromatic carbocycles. The minimum absolute atomic E-state index is 0.256. The molecule has 1 rings (SSSR count). The van der Waals surface area contributed by atoms with Crippen molar-refractivity contribution in [1.29, 1.82) is 0 Å². The Hall–Kier alpha value is -1.15. The zero-order chi connectivity index (χ0) is 15.0. The third kappa shape index (κ3) is 5.46. The summed E-state index contributed by atoms with van der Waals surface area (Å²) in [4.78, 5) is 0.256. The Balaban J connectivity index is 2.42. The van der Waals surface area contributed by atoms with Crippen LogP contribution in [0.5, 0.6) is 0 Å². The lowest BCUT2D eigenvalue weighted by atomic mass is 10.2. The molecule has 1 aromatic rings. The van der Waals surface area contributed by atoms with Crippen LogP contribution >= 0.6 is 0 Å². The number of nitrogens with two attached hydrogens (primary N) is 1. The minimum Gasteiger partial charge on any atom is -0.399 e. The molecule has 0 saturated heterocycles. The Labute approximate surface area is 120 Å². The monoisotopic (exact) mass is 302 g/mol. The van der Waals surface area contributed by atoms with Crippen molar-refractivity contribution >= 4 is 15.7 Å². The first-order chi connectivity index (χ1) is 9.47. The summed E-state index contributed by atoms with van der Waals surface area (Å²) in [5, 5.41) is 0.